The molecule has 0 aliphatic carbocycles. The van der Waals surface area contributed by atoms with Crippen LogP contribution in [-0.2, 0) is 0 Å². The summed E-state index contributed by atoms with van der Waals surface area (Å²) >= 11 is 1.70. The molecule has 0 radical (unpaired) electrons. The minimum atomic E-state index is 0. The van der Waals surface area contributed by atoms with Gasteiger partial charge in [0.15, 0.2) is 0 Å². The normalized spacial score (nSPS) is 20.9. The number of nitrogens with zero attached hydrogens (tertiary/aromatic N) is 2. The summed E-state index contributed by atoms with van der Waals surface area (Å²) in [5.74, 6) is 0. The van der Waals surface area contributed by atoms with E-state index in [1.807, 2.05) is 35.4 Å². The molecule has 1 atom stereocenters. The summed E-state index contributed by atoms with van der Waals surface area (Å²) in [5, 5.41) is 6.40. The number of benzene rings is 1. The zero-order valence-electron chi connectivity index (χ0n) is 13.9. The van der Waals surface area contributed by atoms with Crippen LogP contribution >= 0.6 is 36.6 Å². The Morgan fingerprint density at radius 1 is 1.17 bits per heavy atom. The molecule has 5 nitrogen and oxygen atoms in total. The van der Waals surface area contributed by atoms with Crippen molar-refractivity contribution in [2.24, 2.45) is 0 Å². The summed E-state index contributed by atoms with van der Waals surface area (Å²) in [4.78, 5) is 18.0. The van der Waals surface area contributed by atoms with E-state index in [0.29, 0.717) is 6.04 Å². The van der Waals surface area contributed by atoms with E-state index in [0.717, 1.165) is 45.0 Å². The van der Waals surface area contributed by atoms with Crippen molar-refractivity contribution in [3.63, 3.8) is 0 Å². The van der Waals surface area contributed by atoms with Crippen LogP contribution in [0.4, 0.5) is 10.5 Å². The molecule has 3 rings (SSSR count). The SMILES string of the molecule is CSc1ccc(NC(=O)N2CCN(C3CCNC3)CC2)cc1.Cl.Cl. The lowest BCUT2D eigenvalue weighted by molar-refractivity contribution is 0.119. The van der Waals surface area contributed by atoms with Crippen molar-refractivity contribution in [1.29, 1.82) is 0 Å². The lowest BCUT2D eigenvalue weighted by Crippen LogP contribution is -2.53. The van der Waals surface area contributed by atoms with Gasteiger partial charge in [-0.3, -0.25) is 4.90 Å². The third-order valence-electron chi connectivity index (χ3n) is 4.49. The molecule has 0 saturated carbocycles. The Balaban J connectivity index is 0.00000144. The molecule has 2 fully saturated rings. The van der Waals surface area contributed by atoms with Crippen LogP contribution in [0.3, 0.4) is 0 Å². The van der Waals surface area contributed by atoms with Gasteiger partial charge in [-0.05, 0) is 43.5 Å². The Morgan fingerprint density at radius 3 is 2.38 bits per heavy atom. The van der Waals surface area contributed by atoms with Gasteiger partial charge in [0, 0.05) is 49.3 Å². The summed E-state index contributed by atoms with van der Waals surface area (Å²) in [7, 11) is 0. The molecule has 2 aliphatic rings. The topological polar surface area (TPSA) is 47.6 Å². The Morgan fingerprint density at radius 2 is 1.83 bits per heavy atom. The third kappa shape index (κ3) is 5.43. The van der Waals surface area contributed by atoms with Crippen molar-refractivity contribution in [3.8, 4) is 0 Å². The van der Waals surface area contributed by atoms with E-state index in [2.05, 4.69) is 15.5 Å². The van der Waals surface area contributed by atoms with E-state index < -0.39 is 0 Å². The van der Waals surface area contributed by atoms with Crippen LogP contribution in [0.2, 0.25) is 0 Å². The highest BCUT2D eigenvalue weighted by Crippen LogP contribution is 2.18. The maximum absolute atomic E-state index is 12.3. The highest BCUT2D eigenvalue weighted by molar-refractivity contribution is 7.98. The molecule has 24 heavy (non-hydrogen) atoms. The highest BCUT2D eigenvalue weighted by atomic mass is 35.5. The van der Waals surface area contributed by atoms with Crippen molar-refractivity contribution in [3.05, 3.63) is 24.3 Å². The number of nitrogens with one attached hydrogen (secondary N) is 2. The van der Waals surface area contributed by atoms with Crippen molar-refractivity contribution in [1.82, 2.24) is 15.1 Å². The molecule has 1 aromatic rings. The number of carbonyl (C=O) groups excluding carboxylic acids is 1. The molecule has 2 amide bonds. The van der Waals surface area contributed by atoms with E-state index in [4.69, 9.17) is 0 Å². The van der Waals surface area contributed by atoms with Crippen molar-refractivity contribution in [2.45, 2.75) is 17.4 Å². The number of piperazine rings is 1. The molecule has 8 heteroatoms. The second kappa shape index (κ2) is 10.4. The molecule has 0 bridgehead atoms. The summed E-state index contributed by atoms with van der Waals surface area (Å²) < 4.78 is 0. The summed E-state index contributed by atoms with van der Waals surface area (Å²) in [5.41, 5.74) is 0.866. The standard InChI is InChI=1S/C16H24N4OS.2ClH/c1-22-15-4-2-13(3-5-15)18-16(21)20-10-8-19(9-11-20)14-6-7-17-12-14;;/h2-5,14,17H,6-12H2,1H3,(H,18,21);2*1H. The summed E-state index contributed by atoms with van der Waals surface area (Å²) in [6.45, 7) is 5.79. The van der Waals surface area contributed by atoms with E-state index >= 15 is 0 Å². The maximum atomic E-state index is 12.3. The van der Waals surface area contributed by atoms with Crippen molar-refractivity contribution in [2.75, 3.05) is 50.8 Å². The fraction of sp³-hybridized carbons (Fsp3) is 0.562. The largest absolute Gasteiger partial charge is 0.322 e. The number of hydrogen-bond acceptors (Lipinski definition) is 4. The first kappa shape index (κ1) is 21.4. The fourth-order valence-electron chi connectivity index (χ4n) is 3.12. The minimum Gasteiger partial charge on any atom is -0.322 e. The summed E-state index contributed by atoms with van der Waals surface area (Å²) in [6, 6.07) is 8.66. The predicted octanol–water partition coefficient (Wildman–Crippen LogP) is 2.76. The van der Waals surface area contributed by atoms with Gasteiger partial charge in [0.25, 0.3) is 0 Å². The van der Waals surface area contributed by atoms with E-state index in [-0.39, 0.29) is 30.8 Å². The van der Waals surface area contributed by atoms with Gasteiger partial charge in [0.1, 0.15) is 0 Å². The van der Waals surface area contributed by atoms with Crippen LogP contribution < -0.4 is 10.6 Å². The fourth-order valence-corrected chi connectivity index (χ4v) is 3.53. The molecular formula is C16H26Cl2N4OS. The zero-order chi connectivity index (χ0) is 15.4. The molecular weight excluding hydrogens is 367 g/mol. The first-order valence-electron chi connectivity index (χ1n) is 7.91. The van der Waals surface area contributed by atoms with Crippen molar-refractivity contribution >= 4 is 48.3 Å². The van der Waals surface area contributed by atoms with Gasteiger partial charge in [-0.15, -0.1) is 36.6 Å². The van der Waals surface area contributed by atoms with Crippen molar-refractivity contribution < 1.29 is 4.79 Å². The molecule has 1 unspecified atom stereocenters. The number of halogens is 2. The Bertz CT molecular complexity index is 503. The van der Waals surface area contributed by atoms with Gasteiger partial charge in [0.2, 0.25) is 0 Å². The van der Waals surface area contributed by atoms with Crippen LogP contribution in [0.1, 0.15) is 6.42 Å². The molecule has 2 N–H and O–H groups in total. The minimum absolute atomic E-state index is 0. The second-order valence-electron chi connectivity index (χ2n) is 5.83. The Hall–Kier alpha value is -0.660. The highest BCUT2D eigenvalue weighted by Gasteiger charge is 2.27. The number of rotatable bonds is 3. The van der Waals surface area contributed by atoms with Crippen LogP contribution in [-0.4, -0.2) is 67.4 Å². The number of carbonyl (C=O) groups is 1. The van der Waals surface area contributed by atoms with Crippen LogP contribution in [0.25, 0.3) is 0 Å². The smallest absolute Gasteiger partial charge is 0.321 e. The summed E-state index contributed by atoms with van der Waals surface area (Å²) in [6.07, 6.45) is 3.28. The number of anilines is 1. The van der Waals surface area contributed by atoms with Crippen LogP contribution in [0.15, 0.2) is 29.2 Å². The average Bonchev–Trinajstić information content (AvgIpc) is 3.10. The van der Waals surface area contributed by atoms with Crippen LogP contribution in [0.5, 0.6) is 0 Å². The number of thioether (sulfide) groups is 1. The molecule has 0 spiro atoms. The monoisotopic (exact) mass is 392 g/mol. The number of hydrogen-bond donors (Lipinski definition) is 2. The van der Waals surface area contributed by atoms with Gasteiger partial charge < -0.3 is 15.5 Å². The molecule has 1 aromatic carbocycles. The van der Waals surface area contributed by atoms with Gasteiger partial charge in [-0.1, -0.05) is 0 Å². The van der Waals surface area contributed by atoms with E-state index in [1.54, 1.807) is 11.8 Å². The molecule has 2 aliphatic heterocycles. The van der Waals surface area contributed by atoms with Gasteiger partial charge >= 0.3 is 6.03 Å². The van der Waals surface area contributed by atoms with Crippen LogP contribution in [0, 0.1) is 0 Å². The molecule has 2 saturated heterocycles. The van der Waals surface area contributed by atoms with Gasteiger partial charge in [-0.25, -0.2) is 4.79 Å². The molecule has 136 valence electrons. The molecule has 0 aromatic heterocycles. The Kier molecular flexibility index (Phi) is 9.23. The number of amides is 2. The van der Waals surface area contributed by atoms with Gasteiger partial charge in [0.05, 0.1) is 0 Å². The van der Waals surface area contributed by atoms with E-state index in [1.165, 1.54) is 11.3 Å². The quantitative estimate of drug-likeness (QED) is 0.776. The Labute approximate surface area is 160 Å². The lowest BCUT2D eigenvalue weighted by atomic mass is 10.2. The first-order chi connectivity index (χ1) is 10.8. The third-order valence-corrected chi connectivity index (χ3v) is 5.24. The lowest BCUT2D eigenvalue weighted by Gasteiger charge is -2.37. The predicted molar refractivity (Wildman–Crippen MR) is 106 cm³/mol. The zero-order valence-corrected chi connectivity index (χ0v) is 16.3. The van der Waals surface area contributed by atoms with Gasteiger partial charge in [-0.2, -0.15) is 0 Å². The average molecular weight is 393 g/mol. The molecule has 2 heterocycles. The van der Waals surface area contributed by atoms with E-state index in [9.17, 15) is 4.79 Å². The maximum Gasteiger partial charge on any atom is 0.321 e. The second-order valence-corrected chi connectivity index (χ2v) is 6.71. The number of urea groups is 1. The first-order valence-corrected chi connectivity index (χ1v) is 9.13.